The maximum Gasteiger partial charge on any atom is 0.143 e. The largest absolute Gasteiger partial charge is 0.338 e. The number of anilines is 2. The van der Waals surface area contributed by atoms with Gasteiger partial charge in [-0.1, -0.05) is 34.8 Å². The van der Waals surface area contributed by atoms with E-state index in [4.69, 9.17) is 34.8 Å². The summed E-state index contributed by atoms with van der Waals surface area (Å²) in [5.41, 5.74) is 0.544. The quantitative estimate of drug-likeness (QED) is 0.742. The average Bonchev–Trinajstić information content (AvgIpc) is 2.96. The topological polar surface area (TPSA) is 55.6 Å². The molecule has 22 heavy (non-hydrogen) atoms. The van der Waals surface area contributed by atoms with Crippen molar-refractivity contribution in [1.82, 2.24) is 19.5 Å². The highest BCUT2D eigenvalue weighted by atomic mass is 35.5. The molecule has 0 saturated heterocycles. The number of halogens is 3. The Hall–Kier alpha value is -1.82. The van der Waals surface area contributed by atoms with Gasteiger partial charge in [0.1, 0.15) is 23.8 Å². The van der Waals surface area contributed by atoms with Gasteiger partial charge in [-0.15, -0.1) is 0 Å². The van der Waals surface area contributed by atoms with Gasteiger partial charge >= 0.3 is 0 Å². The van der Waals surface area contributed by atoms with Gasteiger partial charge in [-0.05, 0) is 19.1 Å². The van der Waals surface area contributed by atoms with Gasteiger partial charge < -0.3 is 5.32 Å². The Morgan fingerprint density at radius 3 is 2.41 bits per heavy atom. The fraction of sp³-hybridized carbons (Fsp3) is 0.0714. The maximum absolute atomic E-state index is 6.17. The molecule has 0 aliphatic rings. The van der Waals surface area contributed by atoms with Crippen molar-refractivity contribution in [2.24, 2.45) is 0 Å². The first-order chi connectivity index (χ1) is 10.5. The van der Waals surface area contributed by atoms with E-state index in [2.05, 4.69) is 20.3 Å². The van der Waals surface area contributed by atoms with E-state index in [0.29, 0.717) is 38.2 Å². The minimum atomic E-state index is 0.415. The Kier molecular flexibility index (Phi) is 4.20. The van der Waals surface area contributed by atoms with Crippen LogP contribution in [0.3, 0.4) is 0 Å². The second-order valence-electron chi connectivity index (χ2n) is 4.50. The summed E-state index contributed by atoms with van der Waals surface area (Å²) in [4.78, 5) is 12.7. The highest BCUT2D eigenvalue weighted by Gasteiger charge is 2.10. The number of benzene rings is 1. The van der Waals surface area contributed by atoms with Crippen LogP contribution < -0.4 is 5.32 Å². The zero-order chi connectivity index (χ0) is 15.7. The summed E-state index contributed by atoms with van der Waals surface area (Å²) in [6.45, 7) is 1.80. The van der Waals surface area contributed by atoms with E-state index in [9.17, 15) is 0 Å². The lowest BCUT2D eigenvalue weighted by atomic mass is 10.3. The Morgan fingerprint density at radius 2 is 1.77 bits per heavy atom. The van der Waals surface area contributed by atoms with Gasteiger partial charge in [0.15, 0.2) is 0 Å². The van der Waals surface area contributed by atoms with Crippen molar-refractivity contribution in [2.45, 2.75) is 6.92 Å². The first-order valence-electron chi connectivity index (χ1n) is 6.28. The third-order valence-electron chi connectivity index (χ3n) is 2.85. The average molecular weight is 355 g/mol. The van der Waals surface area contributed by atoms with Gasteiger partial charge in [0.25, 0.3) is 0 Å². The van der Waals surface area contributed by atoms with Crippen LogP contribution in [0.25, 0.3) is 5.82 Å². The van der Waals surface area contributed by atoms with Crippen LogP contribution in [0.15, 0.2) is 36.9 Å². The molecule has 0 fully saturated rings. The number of aryl methyl sites for hydroxylation is 1. The number of hydrogen-bond donors (Lipinski definition) is 1. The van der Waals surface area contributed by atoms with E-state index in [0.717, 1.165) is 0 Å². The molecule has 0 atom stereocenters. The van der Waals surface area contributed by atoms with Crippen molar-refractivity contribution >= 4 is 46.3 Å². The third-order valence-corrected chi connectivity index (χ3v) is 3.67. The standard InChI is InChI=1S/C14H10Cl3N5/c1-8-19-12(6-13(20-8)22-3-2-18-7-22)21-14-10(16)4-9(15)5-11(14)17/h2-7H,1H3,(H,19,20,21). The minimum Gasteiger partial charge on any atom is -0.338 e. The van der Waals surface area contributed by atoms with Gasteiger partial charge in [-0.3, -0.25) is 4.57 Å². The number of hydrogen-bond acceptors (Lipinski definition) is 4. The Bertz CT molecular complexity index is 794. The highest BCUT2D eigenvalue weighted by molar-refractivity contribution is 6.41. The monoisotopic (exact) mass is 353 g/mol. The summed E-state index contributed by atoms with van der Waals surface area (Å²) in [5.74, 6) is 1.87. The molecule has 112 valence electrons. The van der Waals surface area contributed by atoms with Crippen LogP contribution >= 0.6 is 34.8 Å². The molecule has 0 aliphatic heterocycles. The SMILES string of the molecule is Cc1nc(Nc2c(Cl)cc(Cl)cc2Cl)cc(-n2ccnc2)n1. The molecule has 0 radical (unpaired) electrons. The van der Waals surface area contributed by atoms with Crippen molar-refractivity contribution in [2.75, 3.05) is 5.32 Å². The molecular formula is C14H10Cl3N5. The first-order valence-corrected chi connectivity index (χ1v) is 7.42. The van der Waals surface area contributed by atoms with Crippen molar-refractivity contribution in [3.8, 4) is 5.82 Å². The van der Waals surface area contributed by atoms with Crippen molar-refractivity contribution in [1.29, 1.82) is 0 Å². The van der Waals surface area contributed by atoms with E-state index < -0.39 is 0 Å². The number of aromatic nitrogens is 4. The molecule has 0 unspecified atom stereocenters. The van der Waals surface area contributed by atoms with Crippen LogP contribution in [0, 0.1) is 6.92 Å². The Balaban J connectivity index is 2.00. The third kappa shape index (κ3) is 3.16. The Labute approximate surface area is 141 Å². The summed E-state index contributed by atoms with van der Waals surface area (Å²) < 4.78 is 1.78. The molecule has 5 nitrogen and oxygen atoms in total. The fourth-order valence-corrected chi connectivity index (χ4v) is 2.84. The fourth-order valence-electron chi connectivity index (χ4n) is 1.93. The van der Waals surface area contributed by atoms with E-state index in [1.54, 1.807) is 48.4 Å². The highest BCUT2D eigenvalue weighted by Crippen LogP contribution is 2.35. The normalized spacial score (nSPS) is 10.7. The summed E-state index contributed by atoms with van der Waals surface area (Å²) in [6, 6.07) is 5.00. The van der Waals surface area contributed by atoms with E-state index in [1.807, 2.05) is 0 Å². The van der Waals surface area contributed by atoms with E-state index in [1.165, 1.54) is 0 Å². The number of nitrogens with one attached hydrogen (secondary N) is 1. The molecule has 1 N–H and O–H groups in total. The summed E-state index contributed by atoms with van der Waals surface area (Å²) in [6.07, 6.45) is 5.14. The van der Waals surface area contributed by atoms with E-state index in [-0.39, 0.29) is 0 Å². The molecule has 8 heteroatoms. The molecule has 0 spiro atoms. The minimum absolute atomic E-state index is 0.415. The summed E-state index contributed by atoms with van der Waals surface area (Å²) >= 11 is 18.3. The lowest BCUT2D eigenvalue weighted by Crippen LogP contribution is -2.03. The molecule has 3 aromatic rings. The maximum atomic E-state index is 6.17. The van der Waals surface area contributed by atoms with Crippen LogP contribution in [-0.4, -0.2) is 19.5 Å². The number of imidazole rings is 1. The van der Waals surface area contributed by atoms with Gasteiger partial charge in [0.2, 0.25) is 0 Å². The van der Waals surface area contributed by atoms with Crippen LogP contribution in [0.1, 0.15) is 5.82 Å². The predicted molar refractivity (Wildman–Crippen MR) is 88.6 cm³/mol. The molecule has 2 aromatic heterocycles. The summed E-state index contributed by atoms with van der Waals surface area (Å²) in [7, 11) is 0. The molecule has 0 aliphatic carbocycles. The lowest BCUT2D eigenvalue weighted by molar-refractivity contribution is 0.940. The van der Waals surface area contributed by atoms with Crippen LogP contribution in [0.5, 0.6) is 0 Å². The van der Waals surface area contributed by atoms with Crippen molar-refractivity contribution in [3.05, 3.63) is 57.8 Å². The molecule has 0 saturated carbocycles. The van der Waals surface area contributed by atoms with Crippen molar-refractivity contribution in [3.63, 3.8) is 0 Å². The number of rotatable bonds is 3. The van der Waals surface area contributed by atoms with E-state index >= 15 is 0 Å². The zero-order valence-corrected chi connectivity index (χ0v) is 13.7. The Morgan fingerprint density at radius 1 is 1.05 bits per heavy atom. The van der Waals surface area contributed by atoms with Gasteiger partial charge in [-0.25, -0.2) is 15.0 Å². The van der Waals surface area contributed by atoms with Crippen LogP contribution in [0.2, 0.25) is 15.1 Å². The van der Waals surface area contributed by atoms with Crippen LogP contribution in [-0.2, 0) is 0 Å². The lowest BCUT2D eigenvalue weighted by Gasteiger charge is -2.12. The predicted octanol–water partition coefficient (Wildman–Crippen LogP) is 4.67. The molecule has 3 rings (SSSR count). The molecular weight excluding hydrogens is 345 g/mol. The molecule has 0 amide bonds. The second kappa shape index (κ2) is 6.12. The van der Waals surface area contributed by atoms with Crippen molar-refractivity contribution < 1.29 is 0 Å². The summed E-state index contributed by atoms with van der Waals surface area (Å²) in [5, 5.41) is 4.40. The first kappa shape index (κ1) is 15.1. The van der Waals surface area contributed by atoms with Gasteiger partial charge in [-0.2, -0.15) is 0 Å². The number of nitrogens with zero attached hydrogens (tertiary/aromatic N) is 4. The second-order valence-corrected chi connectivity index (χ2v) is 5.75. The van der Waals surface area contributed by atoms with Crippen LogP contribution in [0.4, 0.5) is 11.5 Å². The van der Waals surface area contributed by atoms with Gasteiger partial charge in [0.05, 0.1) is 15.7 Å². The smallest absolute Gasteiger partial charge is 0.143 e. The zero-order valence-electron chi connectivity index (χ0n) is 11.4. The molecule has 2 heterocycles. The molecule has 1 aromatic carbocycles. The molecule has 0 bridgehead atoms. The van der Waals surface area contributed by atoms with Gasteiger partial charge in [0, 0.05) is 23.5 Å².